The number of hydrogen-bond donors (Lipinski definition) is 0. The van der Waals surface area contributed by atoms with Gasteiger partial charge in [-0.2, -0.15) is 0 Å². The number of nitro benzene ring substituents is 3. The van der Waals surface area contributed by atoms with E-state index in [1.165, 1.54) is 13.0 Å². The number of rotatable bonds is 8. The third-order valence-electron chi connectivity index (χ3n) is 2.78. The highest BCUT2D eigenvalue weighted by Gasteiger charge is 2.24. The largest absolute Gasteiger partial charge is 0.863 e. The zero-order valence-corrected chi connectivity index (χ0v) is 16.3. The van der Waals surface area contributed by atoms with Crippen LogP contribution in [-0.2, 0) is 0 Å². The van der Waals surface area contributed by atoms with E-state index in [9.17, 15) is 35.4 Å². The first-order valence-electron chi connectivity index (χ1n) is 6.74. The van der Waals surface area contributed by atoms with Crippen LogP contribution in [-0.4, -0.2) is 50.5 Å². The number of nitrogens with zero attached hydrogens (tertiary/aromatic N) is 4. The second-order valence-corrected chi connectivity index (χ2v) is 6.21. The van der Waals surface area contributed by atoms with E-state index in [0.29, 0.717) is 12.1 Å². The first-order valence-corrected chi connectivity index (χ1v) is 8.98. The van der Waals surface area contributed by atoms with Gasteiger partial charge < -0.3 is 10.0 Å². The van der Waals surface area contributed by atoms with Crippen LogP contribution in [0.1, 0.15) is 6.42 Å². The van der Waals surface area contributed by atoms with Gasteiger partial charge in [0, 0.05) is 17.2 Å². The average Bonchev–Trinajstić information content (AvgIpc) is 2.53. The Labute approximate surface area is 159 Å². The summed E-state index contributed by atoms with van der Waals surface area (Å²) in [5.41, 5.74) is -3.26. The fourth-order valence-electron chi connectivity index (χ4n) is 1.55. The van der Waals surface area contributed by atoms with E-state index in [0.717, 1.165) is 17.2 Å². The van der Waals surface area contributed by atoms with Crippen molar-refractivity contribution in [3.05, 3.63) is 42.5 Å². The van der Waals surface area contributed by atoms with E-state index in [-0.39, 0.29) is 0 Å². The van der Waals surface area contributed by atoms with Crippen LogP contribution >= 0.6 is 31.9 Å². The second-order valence-electron chi connectivity index (χ2n) is 4.62. The summed E-state index contributed by atoms with van der Waals surface area (Å²) in [4.78, 5) is 29.8. The van der Waals surface area contributed by atoms with E-state index >= 15 is 0 Å². The molecular weight excluding hydrogens is 472 g/mol. The molecule has 0 heterocycles. The highest BCUT2D eigenvalue weighted by Crippen LogP contribution is 2.36. The van der Waals surface area contributed by atoms with Gasteiger partial charge in [-0.05, 0) is 20.0 Å². The lowest BCUT2D eigenvalue weighted by molar-refractivity contribution is -0.420. The minimum Gasteiger partial charge on any atom is -0.863 e. The van der Waals surface area contributed by atoms with E-state index < -0.39 is 37.6 Å². The Hall–Kier alpha value is -1.86. The van der Waals surface area contributed by atoms with Crippen molar-refractivity contribution in [3.8, 4) is 5.75 Å². The van der Waals surface area contributed by atoms with Crippen molar-refractivity contribution in [2.45, 2.75) is 6.42 Å². The van der Waals surface area contributed by atoms with Gasteiger partial charge in [0.1, 0.15) is 0 Å². The van der Waals surface area contributed by atoms with Gasteiger partial charge in [0.05, 0.1) is 32.7 Å². The Balaban J connectivity index is 0.000000547. The van der Waals surface area contributed by atoms with Gasteiger partial charge in [-0.15, -0.1) is 0 Å². The zero-order valence-electron chi connectivity index (χ0n) is 13.1. The van der Waals surface area contributed by atoms with Crippen LogP contribution in [0.4, 0.5) is 17.1 Å². The number of alkyl halides is 2. The first-order chi connectivity index (χ1) is 11.6. The Morgan fingerprint density at radius 1 is 0.920 bits per heavy atom. The van der Waals surface area contributed by atoms with Crippen LogP contribution in [0.25, 0.3) is 0 Å². The molecule has 13 heteroatoms. The average molecular weight is 487 g/mol. The van der Waals surface area contributed by atoms with Crippen molar-refractivity contribution in [1.29, 1.82) is 0 Å². The van der Waals surface area contributed by atoms with E-state index in [1.807, 2.05) is 0 Å². The maximum absolute atomic E-state index is 11.1. The normalized spacial score (nSPS) is 10.1. The molecule has 140 valence electrons. The standard InChI is InChI=1S/C6H13Br2N.C6H3N3O7/c1-9(6-4-8)5-2-3-7;10-6-4(8(13)14)1-3(7(11)12)2-5(6)9(15)16/h2-6H2,1H3;1-2,10H/p-1. The molecule has 0 aliphatic heterocycles. The molecule has 0 aliphatic rings. The molecule has 0 N–H and O–H groups in total. The smallest absolute Gasteiger partial charge is 0.283 e. The maximum Gasteiger partial charge on any atom is 0.283 e. The van der Waals surface area contributed by atoms with Gasteiger partial charge in [-0.3, -0.25) is 30.3 Å². The van der Waals surface area contributed by atoms with E-state index in [4.69, 9.17) is 0 Å². The molecule has 0 aliphatic carbocycles. The van der Waals surface area contributed by atoms with Crippen molar-refractivity contribution in [3.63, 3.8) is 0 Å². The van der Waals surface area contributed by atoms with Gasteiger partial charge in [0.15, 0.2) is 0 Å². The third kappa shape index (κ3) is 8.18. The molecule has 0 spiro atoms. The summed E-state index contributed by atoms with van der Waals surface area (Å²) in [6.45, 7) is 2.34. The van der Waals surface area contributed by atoms with Gasteiger partial charge in [-0.25, -0.2) is 0 Å². The van der Waals surface area contributed by atoms with Gasteiger partial charge in [0.2, 0.25) is 0 Å². The summed E-state index contributed by atoms with van der Waals surface area (Å²) >= 11 is 6.78. The molecule has 0 amide bonds. The van der Waals surface area contributed by atoms with Crippen LogP contribution < -0.4 is 5.11 Å². The monoisotopic (exact) mass is 485 g/mol. The van der Waals surface area contributed by atoms with Crippen molar-refractivity contribution >= 4 is 48.9 Å². The molecule has 0 aromatic heterocycles. The molecule has 0 saturated carbocycles. The maximum atomic E-state index is 11.1. The quantitative estimate of drug-likeness (QED) is 0.308. The molecule has 0 unspecified atom stereocenters. The zero-order chi connectivity index (χ0) is 19.6. The minimum atomic E-state index is -1.46. The fourth-order valence-corrected chi connectivity index (χ4v) is 2.40. The van der Waals surface area contributed by atoms with E-state index in [2.05, 4.69) is 43.8 Å². The lowest BCUT2D eigenvalue weighted by Gasteiger charge is -2.12. The summed E-state index contributed by atoms with van der Waals surface area (Å²) in [6, 6.07) is 0.769. The highest BCUT2D eigenvalue weighted by atomic mass is 79.9. The number of benzene rings is 1. The summed E-state index contributed by atoms with van der Waals surface area (Å²) in [5.74, 6) is -1.46. The fraction of sp³-hybridized carbons (Fsp3) is 0.500. The lowest BCUT2D eigenvalue weighted by atomic mass is 10.2. The van der Waals surface area contributed by atoms with E-state index in [1.54, 1.807) is 0 Å². The van der Waals surface area contributed by atoms with Crippen LogP contribution in [0.5, 0.6) is 5.75 Å². The van der Waals surface area contributed by atoms with Crippen LogP contribution in [0.15, 0.2) is 12.1 Å². The number of hydrogen-bond acceptors (Lipinski definition) is 8. The molecule has 1 aromatic rings. The van der Waals surface area contributed by atoms with Crippen molar-refractivity contribution < 1.29 is 19.9 Å². The molecule has 0 fully saturated rings. The predicted molar refractivity (Wildman–Crippen MR) is 95.6 cm³/mol. The van der Waals surface area contributed by atoms with Crippen LogP contribution in [0.3, 0.4) is 0 Å². The molecule has 25 heavy (non-hydrogen) atoms. The second kappa shape index (κ2) is 11.7. The molecule has 1 aromatic carbocycles. The Kier molecular flexibility index (Phi) is 10.8. The van der Waals surface area contributed by atoms with Gasteiger partial charge in [-0.1, -0.05) is 31.9 Å². The summed E-state index contributed by atoms with van der Waals surface area (Å²) in [7, 11) is 2.14. The van der Waals surface area contributed by atoms with Gasteiger partial charge >= 0.3 is 0 Å². The first kappa shape index (κ1) is 23.1. The molecule has 0 saturated heterocycles. The molecular formula is C12H15Br2N4O7-. The Bertz CT molecular complexity index is 594. The minimum absolute atomic E-state index is 0.384. The van der Waals surface area contributed by atoms with Crippen molar-refractivity contribution in [2.24, 2.45) is 0 Å². The summed E-state index contributed by atoms with van der Waals surface area (Å²) in [6.07, 6.45) is 1.24. The Morgan fingerprint density at radius 3 is 1.72 bits per heavy atom. The van der Waals surface area contributed by atoms with Crippen molar-refractivity contribution in [2.75, 3.05) is 30.8 Å². The molecule has 0 atom stereocenters. The van der Waals surface area contributed by atoms with Gasteiger partial charge in [0.25, 0.3) is 17.1 Å². The van der Waals surface area contributed by atoms with Crippen LogP contribution in [0, 0.1) is 30.3 Å². The molecule has 1 rings (SSSR count). The highest BCUT2D eigenvalue weighted by molar-refractivity contribution is 9.09. The lowest BCUT2D eigenvalue weighted by Crippen LogP contribution is -2.21. The number of halogens is 2. The molecule has 0 radical (unpaired) electrons. The topological polar surface area (TPSA) is 156 Å². The van der Waals surface area contributed by atoms with Crippen molar-refractivity contribution in [1.82, 2.24) is 4.90 Å². The van der Waals surface area contributed by atoms with Crippen LogP contribution in [0.2, 0.25) is 0 Å². The number of nitro groups is 3. The summed E-state index contributed by atoms with van der Waals surface area (Å²) < 4.78 is 0. The predicted octanol–water partition coefficient (Wildman–Crippen LogP) is 2.58. The molecule has 11 nitrogen and oxygen atoms in total. The summed E-state index contributed by atoms with van der Waals surface area (Å²) in [5, 5.41) is 44.3. The Morgan fingerprint density at radius 2 is 1.40 bits per heavy atom. The SMILES string of the molecule is CN(CCBr)CCCBr.O=[N+]([O-])c1cc([N+](=O)[O-])c([O-])c([N+](=O)[O-])c1. The molecule has 0 bridgehead atoms. The third-order valence-corrected chi connectivity index (χ3v) is 3.69. The number of non-ortho nitro benzene ring substituents is 1.